The molecule has 0 spiro atoms. The predicted molar refractivity (Wildman–Crippen MR) is 58.5 cm³/mol. The molecule has 0 N–H and O–H groups in total. The number of nitrogens with zero attached hydrogens (tertiary/aromatic N) is 2. The smallest absolute Gasteiger partial charge is 0.141 e. The van der Waals surface area contributed by atoms with Crippen molar-refractivity contribution in [1.82, 2.24) is 9.78 Å². The number of hydrogen-bond acceptors (Lipinski definition) is 2. The molecule has 1 aromatic rings. The third kappa shape index (κ3) is 2.28. The van der Waals surface area contributed by atoms with Gasteiger partial charge in [-0.05, 0) is 31.7 Å². The molecular weight excluding hydrogens is 188 g/mol. The van der Waals surface area contributed by atoms with Crippen LogP contribution in [0.15, 0.2) is 6.07 Å². The van der Waals surface area contributed by atoms with E-state index in [9.17, 15) is 4.79 Å². The molecule has 0 amide bonds. The van der Waals surface area contributed by atoms with Gasteiger partial charge in [-0.15, -0.1) is 0 Å². The van der Waals surface area contributed by atoms with Crippen LogP contribution in [0, 0.1) is 18.8 Å². The van der Waals surface area contributed by atoms with Gasteiger partial charge in [-0.2, -0.15) is 5.10 Å². The number of carbonyl (C=O) groups is 1. The third-order valence-electron chi connectivity index (χ3n) is 3.29. The van der Waals surface area contributed by atoms with E-state index in [1.807, 2.05) is 24.7 Å². The summed E-state index contributed by atoms with van der Waals surface area (Å²) in [5.74, 6) is 1.26. The van der Waals surface area contributed by atoms with Gasteiger partial charge >= 0.3 is 0 Å². The zero-order chi connectivity index (χ0) is 11.0. The summed E-state index contributed by atoms with van der Waals surface area (Å²) < 4.78 is 1.81. The lowest BCUT2D eigenvalue weighted by Crippen LogP contribution is -2.17. The molecule has 3 nitrogen and oxygen atoms in total. The molecule has 0 bridgehead atoms. The number of aryl methyl sites for hydroxylation is 2. The Morgan fingerprint density at radius 1 is 1.67 bits per heavy atom. The fourth-order valence-corrected chi connectivity index (χ4v) is 2.03. The molecule has 1 aliphatic carbocycles. The van der Waals surface area contributed by atoms with Crippen LogP contribution in [0.3, 0.4) is 0 Å². The van der Waals surface area contributed by atoms with E-state index in [1.54, 1.807) is 0 Å². The van der Waals surface area contributed by atoms with E-state index >= 15 is 0 Å². The summed E-state index contributed by atoms with van der Waals surface area (Å²) in [6, 6.07) is 2.00. The first-order valence-electron chi connectivity index (χ1n) is 5.60. The van der Waals surface area contributed by atoms with Gasteiger partial charge in [-0.1, -0.05) is 6.92 Å². The van der Waals surface area contributed by atoms with Crippen LogP contribution >= 0.6 is 0 Å². The first-order chi connectivity index (χ1) is 7.08. The van der Waals surface area contributed by atoms with Gasteiger partial charge in [0.05, 0.1) is 5.69 Å². The van der Waals surface area contributed by atoms with Crippen LogP contribution in [0.1, 0.15) is 31.2 Å². The number of aromatic nitrogens is 2. The van der Waals surface area contributed by atoms with Crippen molar-refractivity contribution < 1.29 is 4.79 Å². The van der Waals surface area contributed by atoms with Crippen LogP contribution in [-0.2, 0) is 18.3 Å². The van der Waals surface area contributed by atoms with Crippen LogP contribution in [0.4, 0.5) is 0 Å². The maximum Gasteiger partial charge on any atom is 0.141 e. The molecule has 0 aliphatic heterocycles. The molecule has 3 heteroatoms. The summed E-state index contributed by atoms with van der Waals surface area (Å²) >= 11 is 0. The highest BCUT2D eigenvalue weighted by Gasteiger charge is 2.32. The fourth-order valence-electron chi connectivity index (χ4n) is 2.03. The minimum absolute atomic E-state index is 0.236. The highest BCUT2D eigenvalue weighted by molar-refractivity contribution is 5.83. The van der Waals surface area contributed by atoms with Crippen molar-refractivity contribution >= 4 is 5.78 Å². The molecule has 1 fully saturated rings. The number of ketones is 1. The number of rotatable bonds is 4. The standard InChI is InChI=1S/C12H18N2O/c1-8-6-11(14(3)13-8)7-12(15)9(2)10-4-5-10/h6,9-10H,4-5,7H2,1-3H3. The number of Topliss-reactive ketones (excluding diaryl/α,β-unsaturated/α-hetero) is 1. The molecule has 1 aliphatic rings. The average molecular weight is 206 g/mol. The Kier molecular flexibility index (Phi) is 2.63. The quantitative estimate of drug-likeness (QED) is 0.754. The van der Waals surface area contributed by atoms with Crippen LogP contribution in [-0.4, -0.2) is 15.6 Å². The Bertz CT molecular complexity index is 377. The van der Waals surface area contributed by atoms with Crippen molar-refractivity contribution in [3.63, 3.8) is 0 Å². The van der Waals surface area contributed by atoms with Crippen molar-refractivity contribution in [2.45, 2.75) is 33.1 Å². The summed E-state index contributed by atoms with van der Waals surface area (Å²) in [5, 5.41) is 4.25. The second-order valence-corrected chi connectivity index (χ2v) is 4.67. The minimum Gasteiger partial charge on any atom is -0.299 e. The zero-order valence-electron chi connectivity index (χ0n) is 9.66. The van der Waals surface area contributed by atoms with Crippen LogP contribution in [0.2, 0.25) is 0 Å². The third-order valence-corrected chi connectivity index (χ3v) is 3.29. The topological polar surface area (TPSA) is 34.9 Å². The first kappa shape index (κ1) is 10.4. The summed E-state index contributed by atoms with van der Waals surface area (Å²) in [7, 11) is 1.90. The Balaban J connectivity index is 2.01. The van der Waals surface area contributed by atoms with Gasteiger partial charge < -0.3 is 0 Å². The van der Waals surface area contributed by atoms with Crippen molar-refractivity contribution in [2.75, 3.05) is 0 Å². The molecule has 1 aromatic heterocycles. The van der Waals surface area contributed by atoms with Crippen molar-refractivity contribution in [3.8, 4) is 0 Å². The van der Waals surface area contributed by atoms with Gasteiger partial charge in [0.1, 0.15) is 5.78 Å². The molecule has 1 saturated carbocycles. The van der Waals surface area contributed by atoms with E-state index in [1.165, 1.54) is 12.8 Å². The molecule has 1 atom stereocenters. The Labute approximate surface area is 90.5 Å². The van der Waals surface area contributed by atoms with E-state index in [2.05, 4.69) is 12.0 Å². The molecule has 0 radical (unpaired) electrons. The lowest BCUT2D eigenvalue weighted by molar-refractivity contribution is -0.122. The van der Waals surface area contributed by atoms with Gasteiger partial charge in [0.15, 0.2) is 0 Å². The maximum atomic E-state index is 11.9. The zero-order valence-corrected chi connectivity index (χ0v) is 9.66. The monoisotopic (exact) mass is 206 g/mol. The van der Waals surface area contributed by atoms with Crippen LogP contribution in [0.5, 0.6) is 0 Å². The van der Waals surface area contributed by atoms with Crippen LogP contribution in [0.25, 0.3) is 0 Å². The van der Waals surface area contributed by atoms with Gasteiger partial charge in [-0.3, -0.25) is 9.48 Å². The Hall–Kier alpha value is -1.12. The Morgan fingerprint density at radius 2 is 2.33 bits per heavy atom. The molecule has 2 rings (SSSR count). The summed E-state index contributed by atoms with van der Waals surface area (Å²) in [5.41, 5.74) is 2.02. The first-order valence-corrected chi connectivity index (χ1v) is 5.60. The molecule has 0 aromatic carbocycles. The minimum atomic E-state index is 0.236. The second kappa shape index (κ2) is 3.80. The van der Waals surface area contributed by atoms with Crippen molar-refractivity contribution in [2.24, 2.45) is 18.9 Å². The lowest BCUT2D eigenvalue weighted by Gasteiger charge is -2.08. The van der Waals surface area contributed by atoms with Gasteiger partial charge in [-0.25, -0.2) is 0 Å². The summed E-state index contributed by atoms with van der Waals surface area (Å²) in [6.07, 6.45) is 3.00. The van der Waals surface area contributed by atoms with E-state index < -0.39 is 0 Å². The fraction of sp³-hybridized carbons (Fsp3) is 0.667. The highest BCUT2D eigenvalue weighted by Crippen LogP contribution is 2.37. The molecular formula is C12H18N2O. The normalized spacial score (nSPS) is 17.8. The van der Waals surface area contributed by atoms with Gasteiger partial charge in [0.2, 0.25) is 0 Å². The van der Waals surface area contributed by atoms with Gasteiger partial charge in [0.25, 0.3) is 0 Å². The summed E-state index contributed by atoms with van der Waals surface area (Å²) in [6.45, 7) is 4.02. The molecule has 1 unspecified atom stereocenters. The van der Waals surface area contributed by atoms with Crippen molar-refractivity contribution in [1.29, 1.82) is 0 Å². The maximum absolute atomic E-state index is 11.9. The number of hydrogen-bond donors (Lipinski definition) is 0. The average Bonchev–Trinajstić information content (AvgIpc) is 2.94. The highest BCUT2D eigenvalue weighted by atomic mass is 16.1. The van der Waals surface area contributed by atoms with Crippen LogP contribution < -0.4 is 0 Å². The van der Waals surface area contributed by atoms with E-state index in [0.29, 0.717) is 18.1 Å². The van der Waals surface area contributed by atoms with E-state index in [-0.39, 0.29) is 5.92 Å². The molecule has 1 heterocycles. The molecule has 82 valence electrons. The van der Waals surface area contributed by atoms with E-state index in [0.717, 1.165) is 11.4 Å². The Morgan fingerprint density at radius 3 is 2.80 bits per heavy atom. The van der Waals surface area contributed by atoms with Crippen molar-refractivity contribution in [3.05, 3.63) is 17.5 Å². The van der Waals surface area contributed by atoms with Gasteiger partial charge in [0, 0.05) is 25.1 Å². The molecule has 0 saturated heterocycles. The number of carbonyl (C=O) groups excluding carboxylic acids is 1. The summed E-state index contributed by atoms with van der Waals surface area (Å²) in [4.78, 5) is 11.9. The predicted octanol–water partition coefficient (Wildman–Crippen LogP) is 1.89. The van der Waals surface area contributed by atoms with E-state index in [4.69, 9.17) is 0 Å². The SMILES string of the molecule is Cc1cc(CC(=O)C(C)C2CC2)n(C)n1. The largest absolute Gasteiger partial charge is 0.299 e. The lowest BCUT2D eigenvalue weighted by atomic mass is 9.97. The second-order valence-electron chi connectivity index (χ2n) is 4.67. The molecule has 15 heavy (non-hydrogen) atoms.